The summed E-state index contributed by atoms with van der Waals surface area (Å²) in [5.41, 5.74) is 3.27. The molecule has 1 N–H and O–H groups in total. The topological polar surface area (TPSA) is 34.2 Å². The van der Waals surface area contributed by atoms with Gasteiger partial charge in [-0.3, -0.25) is 0 Å². The number of rotatable bonds is 4. The molecule has 0 spiro atoms. The predicted octanol–water partition coefficient (Wildman–Crippen LogP) is 3.97. The molecule has 2 rings (SSSR count). The third-order valence-electron chi connectivity index (χ3n) is 2.82. The SMILES string of the molecule is CNCc1cnc(Oc2cc(Br)ccc2C)c(C)c1. The first-order valence-electron chi connectivity index (χ1n) is 6.14. The van der Waals surface area contributed by atoms with Gasteiger partial charge in [0, 0.05) is 22.8 Å². The van der Waals surface area contributed by atoms with Crippen molar-refractivity contribution in [3.05, 3.63) is 51.6 Å². The molecule has 0 aliphatic heterocycles. The highest BCUT2D eigenvalue weighted by atomic mass is 79.9. The van der Waals surface area contributed by atoms with Crippen molar-refractivity contribution in [3.8, 4) is 11.6 Å². The van der Waals surface area contributed by atoms with Crippen LogP contribution in [0.15, 0.2) is 34.9 Å². The molecule has 1 aromatic heterocycles. The van der Waals surface area contributed by atoms with E-state index in [1.807, 2.05) is 45.3 Å². The van der Waals surface area contributed by atoms with Crippen molar-refractivity contribution in [1.29, 1.82) is 0 Å². The third kappa shape index (κ3) is 3.55. The minimum Gasteiger partial charge on any atom is -0.438 e. The summed E-state index contributed by atoms with van der Waals surface area (Å²) in [6.45, 7) is 4.84. The molecular formula is C15H17BrN2O. The van der Waals surface area contributed by atoms with Gasteiger partial charge in [0.1, 0.15) is 5.75 Å². The minimum absolute atomic E-state index is 0.654. The van der Waals surface area contributed by atoms with E-state index < -0.39 is 0 Å². The highest BCUT2D eigenvalue weighted by molar-refractivity contribution is 9.10. The molecule has 0 amide bonds. The van der Waals surface area contributed by atoms with Gasteiger partial charge in [0.05, 0.1) is 0 Å². The Hall–Kier alpha value is -1.39. The van der Waals surface area contributed by atoms with Gasteiger partial charge in [0.15, 0.2) is 0 Å². The lowest BCUT2D eigenvalue weighted by Gasteiger charge is -2.11. The summed E-state index contributed by atoms with van der Waals surface area (Å²) in [4.78, 5) is 4.39. The lowest BCUT2D eigenvalue weighted by atomic mass is 10.2. The van der Waals surface area contributed by atoms with Crippen molar-refractivity contribution in [2.75, 3.05) is 7.05 Å². The molecule has 1 heterocycles. The number of halogens is 1. The van der Waals surface area contributed by atoms with Gasteiger partial charge in [-0.2, -0.15) is 0 Å². The molecule has 0 bridgehead atoms. The fourth-order valence-electron chi connectivity index (χ4n) is 1.82. The zero-order valence-corrected chi connectivity index (χ0v) is 12.9. The number of nitrogens with zero attached hydrogens (tertiary/aromatic N) is 1. The van der Waals surface area contributed by atoms with Gasteiger partial charge < -0.3 is 10.1 Å². The molecule has 1 aromatic carbocycles. The van der Waals surface area contributed by atoms with Gasteiger partial charge in [-0.25, -0.2) is 4.98 Å². The molecule has 0 unspecified atom stereocenters. The fraction of sp³-hybridized carbons (Fsp3) is 0.267. The van der Waals surface area contributed by atoms with E-state index in [0.29, 0.717) is 5.88 Å². The predicted molar refractivity (Wildman–Crippen MR) is 80.7 cm³/mol. The van der Waals surface area contributed by atoms with Crippen LogP contribution in [-0.4, -0.2) is 12.0 Å². The van der Waals surface area contributed by atoms with Crippen molar-refractivity contribution in [1.82, 2.24) is 10.3 Å². The first-order valence-corrected chi connectivity index (χ1v) is 6.93. The Balaban J connectivity index is 2.25. The maximum Gasteiger partial charge on any atom is 0.222 e. The summed E-state index contributed by atoms with van der Waals surface area (Å²) in [5.74, 6) is 1.48. The summed E-state index contributed by atoms with van der Waals surface area (Å²) >= 11 is 3.45. The van der Waals surface area contributed by atoms with Crippen LogP contribution in [0.4, 0.5) is 0 Å². The van der Waals surface area contributed by atoms with Crippen molar-refractivity contribution in [2.24, 2.45) is 0 Å². The maximum absolute atomic E-state index is 5.89. The normalized spacial score (nSPS) is 10.5. The summed E-state index contributed by atoms with van der Waals surface area (Å²) in [6, 6.07) is 8.06. The van der Waals surface area contributed by atoms with Crippen LogP contribution in [0.25, 0.3) is 0 Å². The van der Waals surface area contributed by atoms with Gasteiger partial charge >= 0.3 is 0 Å². The molecule has 19 heavy (non-hydrogen) atoms. The van der Waals surface area contributed by atoms with E-state index in [1.54, 1.807) is 0 Å². The van der Waals surface area contributed by atoms with E-state index in [1.165, 1.54) is 0 Å². The molecule has 0 fully saturated rings. The second-order valence-corrected chi connectivity index (χ2v) is 5.42. The Morgan fingerprint density at radius 1 is 1.21 bits per heavy atom. The molecular weight excluding hydrogens is 304 g/mol. The second-order valence-electron chi connectivity index (χ2n) is 4.51. The van der Waals surface area contributed by atoms with E-state index in [2.05, 4.69) is 32.3 Å². The molecule has 0 saturated heterocycles. The van der Waals surface area contributed by atoms with Crippen LogP contribution in [-0.2, 0) is 6.54 Å². The lowest BCUT2D eigenvalue weighted by Crippen LogP contribution is -2.06. The van der Waals surface area contributed by atoms with Crippen molar-refractivity contribution in [2.45, 2.75) is 20.4 Å². The first kappa shape index (κ1) is 14.0. The van der Waals surface area contributed by atoms with E-state index in [9.17, 15) is 0 Å². The van der Waals surface area contributed by atoms with Crippen LogP contribution >= 0.6 is 15.9 Å². The summed E-state index contributed by atoms with van der Waals surface area (Å²) in [7, 11) is 1.92. The summed E-state index contributed by atoms with van der Waals surface area (Å²) in [6.07, 6.45) is 1.84. The number of ether oxygens (including phenoxy) is 1. The Morgan fingerprint density at radius 2 is 2.00 bits per heavy atom. The second kappa shape index (κ2) is 6.17. The van der Waals surface area contributed by atoms with Crippen LogP contribution < -0.4 is 10.1 Å². The van der Waals surface area contributed by atoms with Gasteiger partial charge in [-0.05, 0) is 50.2 Å². The van der Waals surface area contributed by atoms with Crippen molar-refractivity contribution >= 4 is 15.9 Å². The van der Waals surface area contributed by atoms with Gasteiger partial charge in [-0.15, -0.1) is 0 Å². The average Bonchev–Trinajstić information content (AvgIpc) is 2.37. The number of hydrogen-bond donors (Lipinski definition) is 1. The molecule has 0 saturated carbocycles. The van der Waals surface area contributed by atoms with E-state index in [0.717, 1.165) is 33.5 Å². The van der Waals surface area contributed by atoms with E-state index in [-0.39, 0.29) is 0 Å². The number of aromatic nitrogens is 1. The fourth-order valence-corrected chi connectivity index (χ4v) is 2.16. The van der Waals surface area contributed by atoms with Crippen LogP contribution in [0.3, 0.4) is 0 Å². The zero-order chi connectivity index (χ0) is 13.8. The Morgan fingerprint density at radius 3 is 2.68 bits per heavy atom. The molecule has 0 aliphatic rings. The van der Waals surface area contributed by atoms with Crippen molar-refractivity contribution in [3.63, 3.8) is 0 Å². The van der Waals surface area contributed by atoms with E-state index in [4.69, 9.17) is 4.74 Å². The molecule has 0 atom stereocenters. The number of hydrogen-bond acceptors (Lipinski definition) is 3. The summed E-state index contributed by atoms with van der Waals surface area (Å²) < 4.78 is 6.89. The Bertz CT molecular complexity index is 584. The number of aryl methyl sites for hydroxylation is 2. The monoisotopic (exact) mass is 320 g/mol. The smallest absolute Gasteiger partial charge is 0.222 e. The van der Waals surface area contributed by atoms with Gasteiger partial charge in [-0.1, -0.05) is 22.0 Å². The quantitative estimate of drug-likeness (QED) is 0.925. The molecule has 3 nitrogen and oxygen atoms in total. The minimum atomic E-state index is 0.654. The third-order valence-corrected chi connectivity index (χ3v) is 3.32. The maximum atomic E-state index is 5.89. The molecule has 4 heteroatoms. The lowest BCUT2D eigenvalue weighted by molar-refractivity contribution is 0.454. The average molecular weight is 321 g/mol. The van der Waals surface area contributed by atoms with Crippen LogP contribution in [0.2, 0.25) is 0 Å². The molecule has 2 aromatic rings. The van der Waals surface area contributed by atoms with Gasteiger partial charge in [0.25, 0.3) is 0 Å². The Labute approximate surface area is 122 Å². The van der Waals surface area contributed by atoms with Crippen molar-refractivity contribution < 1.29 is 4.74 Å². The van der Waals surface area contributed by atoms with Crippen LogP contribution in [0.5, 0.6) is 11.6 Å². The van der Waals surface area contributed by atoms with Crippen LogP contribution in [0.1, 0.15) is 16.7 Å². The highest BCUT2D eigenvalue weighted by Gasteiger charge is 2.07. The number of benzene rings is 1. The highest BCUT2D eigenvalue weighted by Crippen LogP contribution is 2.28. The molecule has 100 valence electrons. The molecule has 0 radical (unpaired) electrons. The largest absolute Gasteiger partial charge is 0.438 e. The number of pyridine rings is 1. The molecule has 0 aliphatic carbocycles. The number of nitrogens with one attached hydrogen (secondary N) is 1. The first-order chi connectivity index (χ1) is 9.10. The van der Waals surface area contributed by atoms with E-state index >= 15 is 0 Å². The van der Waals surface area contributed by atoms with Crippen LogP contribution in [0, 0.1) is 13.8 Å². The summed E-state index contributed by atoms with van der Waals surface area (Å²) in [5, 5.41) is 3.11. The zero-order valence-electron chi connectivity index (χ0n) is 11.3. The Kier molecular flexibility index (Phi) is 4.56. The standard InChI is InChI=1S/C15H17BrN2O/c1-10-4-5-13(16)7-14(10)19-15-11(2)6-12(8-17-3)9-18-15/h4-7,9,17H,8H2,1-3H3. The van der Waals surface area contributed by atoms with Gasteiger partial charge in [0.2, 0.25) is 5.88 Å².